The molecule has 0 heterocycles. The van der Waals surface area contributed by atoms with Crippen molar-refractivity contribution in [3.63, 3.8) is 0 Å². The fraction of sp³-hybridized carbons (Fsp3) is 0.150. The Labute approximate surface area is 170 Å². The minimum absolute atomic E-state index is 0.106. The maximum atomic E-state index is 12.4. The highest BCUT2D eigenvalue weighted by molar-refractivity contribution is 9.10. The molecule has 0 atom stereocenters. The van der Waals surface area contributed by atoms with Gasteiger partial charge in [-0.3, -0.25) is 9.59 Å². The van der Waals surface area contributed by atoms with Crippen molar-refractivity contribution >= 4 is 39.6 Å². The third kappa shape index (κ3) is 5.34. The summed E-state index contributed by atoms with van der Waals surface area (Å²) in [6, 6.07) is 11.8. The molecule has 7 nitrogen and oxygen atoms in total. The summed E-state index contributed by atoms with van der Waals surface area (Å²) in [5.41, 5.74) is 0.932. The van der Waals surface area contributed by atoms with E-state index in [-0.39, 0.29) is 17.1 Å². The minimum Gasteiger partial charge on any atom is -0.497 e. The molecule has 0 radical (unpaired) electrons. The van der Waals surface area contributed by atoms with E-state index in [1.165, 1.54) is 20.1 Å². The van der Waals surface area contributed by atoms with Gasteiger partial charge >= 0.3 is 5.97 Å². The predicted molar refractivity (Wildman–Crippen MR) is 107 cm³/mol. The molecule has 0 aliphatic heterocycles. The van der Waals surface area contributed by atoms with Crippen LogP contribution < -0.4 is 19.5 Å². The van der Waals surface area contributed by atoms with E-state index < -0.39 is 11.9 Å². The van der Waals surface area contributed by atoms with Crippen LogP contribution >= 0.6 is 15.9 Å². The number of nitriles is 1. The van der Waals surface area contributed by atoms with Crippen molar-refractivity contribution in [3.05, 3.63) is 52.0 Å². The Kier molecular flexibility index (Phi) is 7.18. The molecule has 1 N–H and O–H groups in total. The van der Waals surface area contributed by atoms with Crippen LogP contribution in [0, 0.1) is 11.3 Å². The van der Waals surface area contributed by atoms with Crippen molar-refractivity contribution in [2.24, 2.45) is 0 Å². The normalized spacial score (nSPS) is 10.6. The van der Waals surface area contributed by atoms with Gasteiger partial charge in [0.2, 0.25) is 0 Å². The van der Waals surface area contributed by atoms with Gasteiger partial charge in [0.1, 0.15) is 17.4 Å². The summed E-state index contributed by atoms with van der Waals surface area (Å²) in [7, 11) is 2.97. The van der Waals surface area contributed by atoms with Gasteiger partial charge < -0.3 is 19.5 Å². The molecule has 0 saturated carbocycles. The number of benzene rings is 2. The second kappa shape index (κ2) is 9.58. The van der Waals surface area contributed by atoms with Crippen LogP contribution in [-0.4, -0.2) is 26.1 Å². The standard InChI is InChI=1S/C20H17BrN2O5/c1-12(24)28-19-17(21)9-13(10-18(19)27-3)8-14(11-22)20(25)23-15-4-6-16(26-2)7-5-15/h4-10H,1-3H3,(H,23,25)/b14-8+. The number of rotatable bonds is 6. The molecule has 0 unspecified atom stereocenters. The Bertz CT molecular complexity index is 962. The molecule has 144 valence electrons. The lowest BCUT2D eigenvalue weighted by Crippen LogP contribution is -2.13. The number of carbonyl (C=O) groups is 2. The molecule has 0 aliphatic rings. The number of carbonyl (C=O) groups excluding carboxylic acids is 2. The van der Waals surface area contributed by atoms with E-state index in [1.807, 2.05) is 6.07 Å². The molecule has 2 rings (SSSR count). The summed E-state index contributed by atoms with van der Waals surface area (Å²) in [5.74, 6) is 0.0848. The van der Waals surface area contributed by atoms with Crippen LogP contribution in [0.25, 0.3) is 6.08 Å². The third-order valence-corrected chi connectivity index (χ3v) is 4.11. The highest BCUT2D eigenvalue weighted by Crippen LogP contribution is 2.37. The maximum Gasteiger partial charge on any atom is 0.308 e. The Hall–Kier alpha value is -3.31. The fourth-order valence-electron chi connectivity index (χ4n) is 2.25. The molecular weight excluding hydrogens is 428 g/mol. The van der Waals surface area contributed by atoms with E-state index in [4.69, 9.17) is 14.2 Å². The van der Waals surface area contributed by atoms with Crippen LogP contribution in [0.5, 0.6) is 17.2 Å². The van der Waals surface area contributed by atoms with E-state index in [9.17, 15) is 14.9 Å². The van der Waals surface area contributed by atoms with Gasteiger partial charge in [-0.15, -0.1) is 0 Å². The largest absolute Gasteiger partial charge is 0.497 e. The number of nitrogens with one attached hydrogen (secondary N) is 1. The summed E-state index contributed by atoms with van der Waals surface area (Å²) < 4.78 is 15.9. The number of halogens is 1. The molecule has 0 aromatic heterocycles. The van der Waals surface area contributed by atoms with Crippen LogP contribution in [0.15, 0.2) is 46.4 Å². The average molecular weight is 445 g/mol. The average Bonchev–Trinajstić information content (AvgIpc) is 2.68. The van der Waals surface area contributed by atoms with Gasteiger partial charge in [0, 0.05) is 12.6 Å². The molecule has 0 fully saturated rings. The van der Waals surface area contributed by atoms with Crippen molar-refractivity contribution < 1.29 is 23.8 Å². The summed E-state index contributed by atoms with van der Waals surface area (Å²) in [6.07, 6.45) is 1.41. The van der Waals surface area contributed by atoms with Gasteiger partial charge in [0.05, 0.1) is 18.7 Å². The number of hydrogen-bond acceptors (Lipinski definition) is 6. The quantitative estimate of drug-likeness (QED) is 0.313. The lowest BCUT2D eigenvalue weighted by Gasteiger charge is -2.11. The first-order valence-corrected chi connectivity index (χ1v) is 8.80. The minimum atomic E-state index is -0.563. The molecular formula is C20H17BrN2O5. The van der Waals surface area contributed by atoms with Crippen LogP contribution in [0.4, 0.5) is 5.69 Å². The Morgan fingerprint density at radius 3 is 2.36 bits per heavy atom. The van der Waals surface area contributed by atoms with E-state index in [2.05, 4.69) is 21.2 Å². The lowest BCUT2D eigenvalue weighted by molar-refractivity contribution is -0.132. The number of anilines is 1. The SMILES string of the molecule is COc1ccc(NC(=O)/C(C#N)=C/c2cc(Br)c(OC(C)=O)c(OC)c2)cc1. The smallest absolute Gasteiger partial charge is 0.308 e. The molecule has 8 heteroatoms. The molecule has 2 aromatic rings. The van der Waals surface area contributed by atoms with E-state index >= 15 is 0 Å². The van der Waals surface area contributed by atoms with Crippen molar-refractivity contribution in [1.29, 1.82) is 5.26 Å². The zero-order valence-electron chi connectivity index (χ0n) is 15.4. The zero-order valence-corrected chi connectivity index (χ0v) is 17.0. The number of methoxy groups -OCH3 is 2. The molecule has 0 bridgehead atoms. The maximum absolute atomic E-state index is 12.4. The van der Waals surface area contributed by atoms with Crippen molar-refractivity contribution in [2.45, 2.75) is 6.92 Å². The van der Waals surface area contributed by atoms with Gasteiger partial charge in [0.25, 0.3) is 5.91 Å². The van der Waals surface area contributed by atoms with Crippen molar-refractivity contribution in [3.8, 4) is 23.3 Å². The van der Waals surface area contributed by atoms with Crippen LogP contribution in [0.1, 0.15) is 12.5 Å². The number of nitrogens with zero attached hydrogens (tertiary/aromatic N) is 1. The van der Waals surface area contributed by atoms with Crippen LogP contribution in [0.2, 0.25) is 0 Å². The van der Waals surface area contributed by atoms with Gasteiger partial charge in [-0.25, -0.2) is 0 Å². The Morgan fingerprint density at radius 1 is 1.14 bits per heavy atom. The summed E-state index contributed by atoms with van der Waals surface area (Å²) >= 11 is 3.30. The van der Waals surface area contributed by atoms with Gasteiger partial charge in [-0.05, 0) is 64.0 Å². The highest BCUT2D eigenvalue weighted by Gasteiger charge is 2.15. The van der Waals surface area contributed by atoms with Crippen molar-refractivity contribution in [2.75, 3.05) is 19.5 Å². The first-order valence-electron chi connectivity index (χ1n) is 8.01. The van der Waals surface area contributed by atoms with E-state index in [0.717, 1.165) is 0 Å². The fourth-order valence-corrected chi connectivity index (χ4v) is 2.79. The number of ether oxygens (including phenoxy) is 3. The van der Waals surface area contributed by atoms with Crippen LogP contribution in [0.3, 0.4) is 0 Å². The Morgan fingerprint density at radius 2 is 1.82 bits per heavy atom. The van der Waals surface area contributed by atoms with E-state index in [1.54, 1.807) is 43.5 Å². The van der Waals surface area contributed by atoms with Gasteiger partial charge in [-0.2, -0.15) is 5.26 Å². The molecule has 2 aromatic carbocycles. The first-order chi connectivity index (χ1) is 13.4. The predicted octanol–water partition coefficient (Wildman–Crippen LogP) is 3.94. The molecule has 28 heavy (non-hydrogen) atoms. The first kappa shape index (κ1) is 21.0. The number of amides is 1. The summed E-state index contributed by atoms with van der Waals surface area (Å²) in [6.45, 7) is 1.27. The number of hydrogen-bond donors (Lipinski definition) is 1. The van der Waals surface area contributed by atoms with Crippen molar-refractivity contribution in [1.82, 2.24) is 0 Å². The third-order valence-electron chi connectivity index (χ3n) is 3.52. The monoisotopic (exact) mass is 444 g/mol. The second-order valence-electron chi connectivity index (χ2n) is 5.48. The molecule has 1 amide bonds. The summed E-state index contributed by atoms with van der Waals surface area (Å²) in [5, 5.41) is 12.0. The Balaban J connectivity index is 2.29. The lowest BCUT2D eigenvalue weighted by atomic mass is 10.1. The van der Waals surface area contributed by atoms with E-state index in [0.29, 0.717) is 21.5 Å². The van der Waals surface area contributed by atoms with Crippen LogP contribution in [-0.2, 0) is 9.59 Å². The van der Waals surface area contributed by atoms with Gasteiger partial charge in [0.15, 0.2) is 11.5 Å². The molecule has 0 spiro atoms. The number of esters is 1. The highest BCUT2D eigenvalue weighted by atomic mass is 79.9. The summed E-state index contributed by atoms with van der Waals surface area (Å²) in [4.78, 5) is 23.6. The zero-order chi connectivity index (χ0) is 20.7. The topological polar surface area (TPSA) is 97.6 Å². The molecule has 0 saturated heterocycles. The second-order valence-corrected chi connectivity index (χ2v) is 6.33. The molecule has 0 aliphatic carbocycles. The van der Waals surface area contributed by atoms with Gasteiger partial charge in [-0.1, -0.05) is 0 Å².